The summed E-state index contributed by atoms with van der Waals surface area (Å²) in [5, 5.41) is 0. The third-order valence-corrected chi connectivity index (χ3v) is 5.83. The molecule has 0 saturated heterocycles. The Balaban J connectivity index is 1.91. The fourth-order valence-corrected chi connectivity index (χ4v) is 4.90. The van der Waals surface area contributed by atoms with Crippen LogP contribution < -0.4 is 5.73 Å². The first kappa shape index (κ1) is 9.21. The average Bonchev–Trinajstić information content (AvgIpc) is 2.76. The first-order chi connectivity index (χ1) is 6.63. The van der Waals surface area contributed by atoms with E-state index in [4.69, 9.17) is 5.73 Å². The Morgan fingerprint density at radius 2 is 1.71 bits per heavy atom. The van der Waals surface area contributed by atoms with Crippen LogP contribution in [0.25, 0.3) is 0 Å². The molecular weight excluding hydrogens is 170 g/mol. The predicted molar refractivity (Wildman–Crippen MR) is 58.8 cm³/mol. The number of rotatable bonds is 0. The second-order valence-electron chi connectivity index (χ2n) is 6.39. The molecule has 1 spiro atoms. The number of nitrogens with two attached hydrogens (primary N) is 1. The van der Waals surface area contributed by atoms with Gasteiger partial charge in [-0.1, -0.05) is 13.8 Å². The lowest BCUT2D eigenvalue weighted by molar-refractivity contribution is 0.131. The molecule has 1 heteroatoms. The Kier molecular flexibility index (Phi) is 1.81. The average molecular weight is 193 g/mol. The Bertz CT molecular complexity index is 234. The van der Waals surface area contributed by atoms with E-state index in [1.807, 2.05) is 0 Å². The van der Waals surface area contributed by atoms with Crippen molar-refractivity contribution >= 4 is 0 Å². The van der Waals surface area contributed by atoms with Gasteiger partial charge in [0.05, 0.1) is 0 Å². The quantitative estimate of drug-likeness (QED) is 0.629. The Labute approximate surface area is 87.4 Å². The summed E-state index contributed by atoms with van der Waals surface area (Å²) in [5.41, 5.74) is 7.07. The summed E-state index contributed by atoms with van der Waals surface area (Å²) in [6.45, 7) is 4.86. The Hall–Kier alpha value is -0.0400. The number of hydrogen-bond acceptors (Lipinski definition) is 1. The molecule has 3 rings (SSSR count). The van der Waals surface area contributed by atoms with E-state index in [0.29, 0.717) is 11.5 Å². The van der Waals surface area contributed by atoms with E-state index in [1.54, 1.807) is 0 Å². The largest absolute Gasteiger partial charge is 0.327 e. The molecule has 0 radical (unpaired) electrons. The smallest absolute Gasteiger partial charge is 0.0127 e. The number of hydrogen-bond donors (Lipinski definition) is 1. The van der Waals surface area contributed by atoms with Gasteiger partial charge in [-0.15, -0.1) is 0 Å². The monoisotopic (exact) mass is 193 g/mol. The van der Waals surface area contributed by atoms with Gasteiger partial charge in [-0.3, -0.25) is 0 Å². The van der Waals surface area contributed by atoms with Crippen molar-refractivity contribution in [2.24, 2.45) is 34.8 Å². The normalized spacial score (nSPS) is 54.6. The van der Waals surface area contributed by atoms with Crippen molar-refractivity contribution in [2.75, 3.05) is 0 Å². The second kappa shape index (κ2) is 2.75. The molecule has 80 valence electrons. The summed E-state index contributed by atoms with van der Waals surface area (Å²) < 4.78 is 0. The minimum atomic E-state index is 0.550. The van der Waals surface area contributed by atoms with Crippen LogP contribution in [-0.4, -0.2) is 6.04 Å². The van der Waals surface area contributed by atoms with Gasteiger partial charge in [0.2, 0.25) is 0 Å². The van der Waals surface area contributed by atoms with E-state index in [1.165, 1.54) is 32.1 Å². The fourth-order valence-electron chi connectivity index (χ4n) is 4.90. The third-order valence-electron chi connectivity index (χ3n) is 5.83. The van der Waals surface area contributed by atoms with E-state index < -0.39 is 0 Å². The predicted octanol–water partition coefficient (Wildman–Crippen LogP) is 2.80. The molecule has 0 aromatic heterocycles. The molecule has 14 heavy (non-hydrogen) atoms. The highest BCUT2D eigenvalue weighted by Gasteiger charge is 2.59. The summed E-state index contributed by atoms with van der Waals surface area (Å²) in [5.74, 6) is 3.72. The van der Waals surface area contributed by atoms with Crippen LogP contribution in [0, 0.1) is 29.1 Å². The molecule has 1 nitrogen and oxygen atoms in total. The minimum Gasteiger partial charge on any atom is -0.327 e. The zero-order valence-corrected chi connectivity index (χ0v) is 9.50. The molecule has 0 heterocycles. The highest BCUT2D eigenvalue weighted by Crippen LogP contribution is 2.64. The van der Waals surface area contributed by atoms with Crippen LogP contribution in [-0.2, 0) is 0 Å². The first-order valence-electron chi connectivity index (χ1n) is 6.39. The molecule has 3 aliphatic rings. The highest BCUT2D eigenvalue weighted by atomic mass is 14.8. The molecule has 3 saturated carbocycles. The van der Waals surface area contributed by atoms with Crippen molar-refractivity contribution < 1.29 is 0 Å². The van der Waals surface area contributed by atoms with Crippen LogP contribution in [0.4, 0.5) is 0 Å². The van der Waals surface area contributed by atoms with Gasteiger partial charge in [-0.05, 0) is 61.2 Å². The van der Waals surface area contributed by atoms with Gasteiger partial charge >= 0.3 is 0 Å². The van der Waals surface area contributed by atoms with E-state index in [9.17, 15) is 0 Å². The van der Waals surface area contributed by atoms with Gasteiger partial charge in [0.25, 0.3) is 0 Å². The molecule has 2 N–H and O–H groups in total. The molecule has 3 fully saturated rings. The van der Waals surface area contributed by atoms with Gasteiger partial charge < -0.3 is 5.73 Å². The standard InChI is InChI=1S/C13H23N/c1-8-6-13(7-9(8)2)11-4-3-10(5-11)12(13)14/h8-12H,3-7,14H2,1-2H3/t8-,9-,10+,11-,12+/m1/s1. The summed E-state index contributed by atoms with van der Waals surface area (Å²) in [6.07, 6.45) is 7.22. The Morgan fingerprint density at radius 1 is 1.07 bits per heavy atom. The summed E-state index contributed by atoms with van der Waals surface area (Å²) in [6, 6.07) is 0.550. The fraction of sp³-hybridized carbons (Fsp3) is 1.00. The van der Waals surface area contributed by atoms with Gasteiger partial charge in [0, 0.05) is 6.04 Å². The zero-order valence-electron chi connectivity index (χ0n) is 9.50. The minimum absolute atomic E-state index is 0.550. The highest BCUT2D eigenvalue weighted by molar-refractivity contribution is 5.11. The van der Waals surface area contributed by atoms with E-state index in [0.717, 1.165) is 23.7 Å². The lowest BCUT2D eigenvalue weighted by atomic mass is 9.68. The van der Waals surface area contributed by atoms with E-state index in [-0.39, 0.29) is 0 Å². The van der Waals surface area contributed by atoms with Crippen molar-refractivity contribution in [2.45, 2.75) is 52.0 Å². The van der Waals surface area contributed by atoms with Crippen LogP contribution in [0.1, 0.15) is 46.0 Å². The second-order valence-corrected chi connectivity index (χ2v) is 6.39. The topological polar surface area (TPSA) is 26.0 Å². The van der Waals surface area contributed by atoms with Crippen molar-refractivity contribution in [3.8, 4) is 0 Å². The Morgan fingerprint density at radius 3 is 2.21 bits per heavy atom. The SMILES string of the molecule is C[C@@H]1CC2(C[C@H]1C)[C@@H]1CC[C@@H](C1)[C@@H]2N. The lowest BCUT2D eigenvalue weighted by Crippen LogP contribution is -2.44. The van der Waals surface area contributed by atoms with Crippen LogP contribution in [0.3, 0.4) is 0 Å². The molecule has 0 aromatic carbocycles. The number of fused-ring (bicyclic) bond motifs is 3. The van der Waals surface area contributed by atoms with Crippen molar-refractivity contribution in [3.05, 3.63) is 0 Å². The zero-order chi connectivity index (χ0) is 9.92. The van der Waals surface area contributed by atoms with Crippen LogP contribution >= 0.6 is 0 Å². The molecular formula is C13H23N. The van der Waals surface area contributed by atoms with Crippen molar-refractivity contribution in [1.29, 1.82) is 0 Å². The molecule has 5 atom stereocenters. The van der Waals surface area contributed by atoms with E-state index >= 15 is 0 Å². The van der Waals surface area contributed by atoms with Crippen LogP contribution in [0.5, 0.6) is 0 Å². The molecule has 0 amide bonds. The van der Waals surface area contributed by atoms with Crippen molar-refractivity contribution in [1.82, 2.24) is 0 Å². The van der Waals surface area contributed by atoms with Gasteiger partial charge in [-0.2, -0.15) is 0 Å². The van der Waals surface area contributed by atoms with E-state index in [2.05, 4.69) is 13.8 Å². The maximum atomic E-state index is 6.48. The summed E-state index contributed by atoms with van der Waals surface area (Å²) >= 11 is 0. The summed E-state index contributed by atoms with van der Waals surface area (Å²) in [7, 11) is 0. The maximum Gasteiger partial charge on any atom is 0.0127 e. The van der Waals surface area contributed by atoms with Gasteiger partial charge in [0.15, 0.2) is 0 Å². The molecule has 0 aromatic rings. The van der Waals surface area contributed by atoms with Crippen molar-refractivity contribution in [3.63, 3.8) is 0 Å². The molecule has 0 unspecified atom stereocenters. The molecule has 2 bridgehead atoms. The maximum absolute atomic E-state index is 6.48. The van der Waals surface area contributed by atoms with Gasteiger partial charge in [0.1, 0.15) is 0 Å². The molecule has 3 aliphatic carbocycles. The summed E-state index contributed by atoms with van der Waals surface area (Å²) in [4.78, 5) is 0. The third kappa shape index (κ3) is 0.946. The van der Waals surface area contributed by atoms with Crippen LogP contribution in [0.15, 0.2) is 0 Å². The van der Waals surface area contributed by atoms with Gasteiger partial charge in [-0.25, -0.2) is 0 Å². The molecule has 0 aliphatic heterocycles. The van der Waals surface area contributed by atoms with Crippen LogP contribution in [0.2, 0.25) is 0 Å². The first-order valence-corrected chi connectivity index (χ1v) is 6.39. The lowest BCUT2D eigenvalue weighted by Gasteiger charge is -2.39.